The van der Waals surface area contributed by atoms with Crippen LogP contribution in [0.3, 0.4) is 0 Å². The van der Waals surface area contributed by atoms with Gasteiger partial charge in [-0.05, 0) is 37.3 Å². The number of hydrogen-bond donors (Lipinski definition) is 1. The van der Waals surface area contributed by atoms with E-state index in [1.807, 2.05) is 0 Å². The molecule has 0 aliphatic carbocycles. The Morgan fingerprint density at radius 2 is 1.82 bits per heavy atom. The van der Waals surface area contributed by atoms with Crippen molar-refractivity contribution >= 4 is 27.3 Å². The van der Waals surface area contributed by atoms with Crippen LogP contribution in [0.4, 0.5) is 18.9 Å². The SMILES string of the molecule is Cc1ccc(S(=O)(=O)N2CCC(F)(F)C(=CC(=O)O)c3cc(F)ccc32)cc1. The van der Waals surface area contributed by atoms with E-state index in [-0.39, 0.29) is 10.6 Å². The van der Waals surface area contributed by atoms with Crippen molar-refractivity contribution in [2.24, 2.45) is 0 Å². The number of carboxylic acid groups (broad SMARTS) is 1. The predicted molar refractivity (Wildman–Crippen MR) is 97.3 cm³/mol. The number of nitrogens with zero attached hydrogens (tertiary/aromatic N) is 1. The van der Waals surface area contributed by atoms with Crippen LogP contribution >= 0.6 is 0 Å². The van der Waals surface area contributed by atoms with Gasteiger partial charge in [0.05, 0.1) is 10.6 Å². The number of fused-ring (bicyclic) bond motifs is 1. The molecule has 0 atom stereocenters. The molecule has 1 aliphatic heterocycles. The highest BCUT2D eigenvalue weighted by atomic mass is 32.2. The maximum absolute atomic E-state index is 14.6. The number of alkyl halides is 2. The normalized spacial score (nSPS) is 17.9. The minimum absolute atomic E-state index is 0.109. The lowest BCUT2D eigenvalue weighted by molar-refractivity contribution is -0.131. The van der Waals surface area contributed by atoms with Crippen LogP contribution in [0.15, 0.2) is 53.4 Å². The van der Waals surface area contributed by atoms with E-state index in [1.165, 1.54) is 12.1 Å². The highest BCUT2D eigenvalue weighted by molar-refractivity contribution is 7.92. The second-order valence-electron chi connectivity index (χ2n) is 6.40. The van der Waals surface area contributed by atoms with Gasteiger partial charge in [-0.1, -0.05) is 17.7 Å². The Balaban J connectivity index is 2.25. The maximum Gasteiger partial charge on any atom is 0.328 e. The summed E-state index contributed by atoms with van der Waals surface area (Å²) in [5.41, 5.74) is -0.793. The van der Waals surface area contributed by atoms with Gasteiger partial charge in [0.15, 0.2) is 0 Å². The number of hydrogen-bond acceptors (Lipinski definition) is 3. The molecule has 1 aliphatic rings. The Bertz CT molecular complexity index is 1060. The first-order valence-corrected chi connectivity index (χ1v) is 9.68. The summed E-state index contributed by atoms with van der Waals surface area (Å²) in [5, 5.41) is 8.98. The fourth-order valence-corrected chi connectivity index (χ4v) is 4.51. The van der Waals surface area contributed by atoms with E-state index in [1.54, 1.807) is 19.1 Å². The Kier molecular flexibility index (Phi) is 4.97. The highest BCUT2D eigenvalue weighted by Gasteiger charge is 2.43. The molecule has 0 fully saturated rings. The first kappa shape index (κ1) is 19.9. The molecule has 3 rings (SSSR count). The minimum Gasteiger partial charge on any atom is -0.478 e. The van der Waals surface area contributed by atoms with Crippen LogP contribution < -0.4 is 4.31 Å². The zero-order valence-electron chi connectivity index (χ0n) is 14.7. The number of anilines is 1. The van der Waals surface area contributed by atoms with E-state index in [4.69, 9.17) is 5.11 Å². The molecule has 0 aromatic heterocycles. The second kappa shape index (κ2) is 6.97. The standard InChI is InChI=1S/C19H16F3NO4S/c1-12-2-5-14(6-3-12)28(26,27)23-9-8-19(21,22)16(11-18(24)25)15-10-13(20)4-7-17(15)23/h2-7,10-11H,8-9H2,1H3,(H,24,25). The Labute approximate surface area is 159 Å². The summed E-state index contributed by atoms with van der Waals surface area (Å²) in [6.45, 7) is 1.17. The molecular formula is C19H16F3NO4S. The predicted octanol–water partition coefficient (Wildman–Crippen LogP) is 3.84. The van der Waals surface area contributed by atoms with Gasteiger partial charge in [0, 0.05) is 30.2 Å². The third kappa shape index (κ3) is 3.62. The average molecular weight is 411 g/mol. The third-order valence-corrected chi connectivity index (χ3v) is 6.24. The van der Waals surface area contributed by atoms with Crippen LogP contribution in [0.2, 0.25) is 0 Å². The number of aliphatic carboxylic acids is 1. The van der Waals surface area contributed by atoms with Gasteiger partial charge >= 0.3 is 5.97 Å². The van der Waals surface area contributed by atoms with E-state index in [0.29, 0.717) is 6.08 Å². The topological polar surface area (TPSA) is 74.7 Å². The molecule has 148 valence electrons. The summed E-state index contributed by atoms with van der Waals surface area (Å²) in [4.78, 5) is 10.9. The lowest BCUT2D eigenvalue weighted by Crippen LogP contribution is -2.33. The van der Waals surface area contributed by atoms with Crippen LogP contribution in [0.5, 0.6) is 0 Å². The molecule has 0 saturated carbocycles. The minimum atomic E-state index is -4.23. The molecular weight excluding hydrogens is 395 g/mol. The first-order chi connectivity index (χ1) is 13.0. The average Bonchev–Trinajstić information content (AvgIpc) is 2.70. The second-order valence-corrected chi connectivity index (χ2v) is 8.26. The third-order valence-electron chi connectivity index (χ3n) is 4.42. The van der Waals surface area contributed by atoms with Gasteiger partial charge in [-0.2, -0.15) is 0 Å². The summed E-state index contributed by atoms with van der Waals surface area (Å²) >= 11 is 0. The van der Waals surface area contributed by atoms with Gasteiger partial charge in [-0.25, -0.2) is 26.4 Å². The van der Waals surface area contributed by atoms with Crippen molar-refractivity contribution in [2.45, 2.75) is 24.2 Å². The number of sulfonamides is 1. The molecule has 28 heavy (non-hydrogen) atoms. The molecule has 2 aromatic rings. The van der Waals surface area contributed by atoms with Crippen molar-refractivity contribution < 1.29 is 31.5 Å². The summed E-state index contributed by atoms with van der Waals surface area (Å²) in [7, 11) is -4.23. The summed E-state index contributed by atoms with van der Waals surface area (Å²) in [6, 6.07) is 8.57. The van der Waals surface area contributed by atoms with Crippen molar-refractivity contribution in [1.29, 1.82) is 0 Å². The van der Waals surface area contributed by atoms with Crippen LogP contribution in [0, 0.1) is 12.7 Å². The quantitative estimate of drug-likeness (QED) is 0.779. The largest absolute Gasteiger partial charge is 0.478 e. The number of carbonyl (C=O) groups is 1. The van der Waals surface area contributed by atoms with E-state index >= 15 is 0 Å². The molecule has 0 amide bonds. The van der Waals surface area contributed by atoms with Crippen molar-refractivity contribution in [2.75, 3.05) is 10.8 Å². The van der Waals surface area contributed by atoms with Crippen molar-refractivity contribution in [3.05, 3.63) is 65.5 Å². The molecule has 1 N–H and O–H groups in total. The van der Waals surface area contributed by atoms with E-state index in [9.17, 15) is 26.4 Å². The van der Waals surface area contributed by atoms with Gasteiger partial charge in [-0.3, -0.25) is 4.31 Å². The van der Waals surface area contributed by atoms with Gasteiger partial charge in [0.2, 0.25) is 0 Å². The van der Waals surface area contributed by atoms with Gasteiger partial charge in [0.1, 0.15) is 5.82 Å². The molecule has 0 saturated heterocycles. The zero-order valence-corrected chi connectivity index (χ0v) is 15.5. The van der Waals surface area contributed by atoms with Crippen LogP contribution in [-0.4, -0.2) is 32.0 Å². The number of benzene rings is 2. The number of aryl methyl sites for hydroxylation is 1. The fraction of sp³-hybridized carbons (Fsp3) is 0.211. The van der Waals surface area contributed by atoms with E-state index in [2.05, 4.69) is 0 Å². The Morgan fingerprint density at radius 1 is 1.18 bits per heavy atom. The van der Waals surface area contributed by atoms with Crippen LogP contribution in [0.25, 0.3) is 5.57 Å². The number of rotatable bonds is 3. The van der Waals surface area contributed by atoms with E-state index < -0.39 is 51.8 Å². The van der Waals surface area contributed by atoms with Gasteiger partial charge in [-0.15, -0.1) is 0 Å². The molecule has 5 nitrogen and oxygen atoms in total. The lowest BCUT2D eigenvalue weighted by atomic mass is 9.97. The van der Waals surface area contributed by atoms with Crippen molar-refractivity contribution in [3.8, 4) is 0 Å². The molecule has 0 radical (unpaired) electrons. The number of carboxylic acids is 1. The van der Waals surface area contributed by atoms with E-state index in [0.717, 1.165) is 28.1 Å². The molecule has 9 heteroatoms. The van der Waals surface area contributed by atoms with Crippen LogP contribution in [0.1, 0.15) is 17.5 Å². The maximum atomic E-state index is 14.6. The van der Waals surface area contributed by atoms with Crippen LogP contribution in [-0.2, 0) is 14.8 Å². The number of halogens is 3. The molecule has 2 aromatic carbocycles. The highest BCUT2D eigenvalue weighted by Crippen LogP contribution is 2.44. The molecule has 0 bridgehead atoms. The molecule has 1 heterocycles. The monoisotopic (exact) mass is 411 g/mol. The summed E-state index contributed by atoms with van der Waals surface area (Å²) in [5.74, 6) is -6.18. The molecule has 0 spiro atoms. The first-order valence-electron chi connectivity index (χ1n) is 8.24. The van der Waals surface area contributed by atoms with Gasteiger partial charge in [0.25, 0.3) is 15.9 Å². The number of allylic oxidation sites excluding steroid dienone is 1. The van der Waals surface area contributed by atoms with Crippen molar-refractivity contribution in [3.63, 3.8) is 0 Å². The van der Waals surface area contributed by atoms with Crippen molar-refractivity contribution in [1.82, 2.24) is 0 Å². The lowest BCUT2D eigenvalue weighted by Gasteiger charge is -2.24. The Morgan fingerprint density at radius 3 is 2.43 bits per heavy atom. The fourth-order valence-electron chi connectivity index (χ4n) is 3.03. The summed E-state index contributed by atoms with van der Waals surface area (Å²) in [6.07, 6.45) is -0.659. The molecule has 0 unspecified atom stereocenters. The summed E-state index contributed by atoms with van der Waals surface area (Å²) < 4.78 is 70.0. The smallest absolute Gasteiger partial charge is 0.328 e. The Hall–Kier alpha value is -2.81. The zero-order chi connectivity index (χ0) is 20.7. The van der Waals surface area contributed by atoms with Gasteiger partial charge < -0.3 is 5.11 Å².